The van der Waals surface area contributed by atoms with Crippen molar-refractivity contribution >= 4 is 6.21 Å². The molecule has 2 unspecified atom stereocenters. The van der Waals surface area contributed by atoms with E-state index in [0.717, 1.165) is 0 Å². The first-order valence-electron chi connectivity index (χ1n) is 5.76. The lowest BCUT2D eigenvalue weighted by Crippen LogP contribution is -2.35. The van der Waals surface area contributed by atoms with Crippen LogP contribution in [0.3, 0.4) is 0 Å². The minimum Gasteiger partial charge on any atom is -0.374 e. The van der Waals surface area contributed by atoms with Gasteiger partial charge in [-0.1, -0.05) is 12.2 Å². The zero-order valence-corrected chi connectivity index (χ0v) is 9.13. The molecule has 2 heterocycles. The Balaban J connectivity index is 1.86. The van der Waals surface area contributed by atoms with Crippen molar-refractivity contribution in [1.82, 2.24) is 9.91 Å². The molecule has 1 fully saturated rings. The van der Waals surface area contributed by atoms with Gasteiger partial charge in [-0.3, -0.25) is 5.01 Å². The molecule has 3 aliphatic rings. The van der Waals surface area contributed by atoms with Crippen LogP contribution in [0.2, 0.25) is 0 Å². The Kier molecular flexibility index (Phi) is 2.04. The molecule has 3 rings (SSSR count). The lowest BCUT2D eigenvalue weighted by atomic mass is 9.93. The van der Waals surface area contributed by atoms with Crippen LogP contribution in [0.15, 0.2) is 29.0 Å². The summed E-state index contributed by atoms with van der Waals surface area (Å²) in [6.07, 6.45) is 11.5. The first-order valence-corrected chi connectivity index (χ1v) is 5.76. The summed E-state index contributed by atoms with van der Waals surface area (Å²) >= 11 is 0. The van der Waals surface area contributed by atoms with Crippen molar-refractivity contribution in [3.63, 3.8) is 0 Å². The Morgan fingerprint density at radius 2 is 2.13 bits per heavy atom. The Morgan fingerprint density at radius 3 is 2.93 bits per heavy atom. The van der Waals surface area contributed by atoms with E-state index < -0.39 is 0 Å². The second-order valence-electron chi connectivity index (χ2n) is 4.53. The van der Waals surface area contributed by atoms with Gasteiger partial charge in [0.25, 0.3) is 0 Å². The van der Waals surface area contributed by atoms with Crippen LogP contribution in [0.1, 0.15) is 12.8 Å². The van der Waals surface area contributed by atoms with Gasteiger partial charge in [0.05, 0.1) is 12.0 Å². The van der Waals surface area contributed by atoms with Gasteiger partial charge >= 0.3 is 0 Å². The van der Waals surface area contributed by atoms with Crippen LogP contribution in [0.4, 0.5) is 0 Å². The first-order chi connectivity index (χ1) is 7.36. The van der Waals surface area contributed by atoms with Crippen molar-refractivity contribution in [2.45, 2.75) is 18.9 Å². The second-order valence-corrected chi connectivity index (χ2v) is 4.53. The summed E-state index contributed by atoms with van der Waals surface area (Å²) in [5.74, 6) is 0.484. The molecule has 3 nitrogen and oxygen atoms in total. The number of nitrogens with zero attached hydrogens (tertiary/aromatic N) is 3. The summed E-state index contributed by atoms with van der Waals surface area (Å²) in [6.45, 7) is 2.45. The third kappa shape index (κ3) is 1.37. The standard InChI is InChI=1S/C12H17N3/c1-14-11-5-4-6-12(10(11)9-13-14)15-7-2-3-8-15/h4-6,9-11H,2-3,7-8H2,1H3. The highest BCUT2D eigenvalue weighted by Gasteiger charge is 2.34. The summed E-state index contributed by atoms with van der Waals surface area (Å²) in [4.78, 5) is 2.52. The van der Waals surface area contributed by atoms with Crippen molar-refractivity contribution in [2.24, 2.45) is 11.0 Å². The summed E-state index contributed by atoms with van der Waals surface area (Å²) in [5.41, 5.74) is 1.47. The van der Waals surface area contributed by atoms with Gasteiger partial charge < -0.3 is 4.90 Å². The van der Waals surface area contributed by atoms with E-state index in [1.165, 1.54) is 31.6 Å². The molecule has 0 N–H and O–H groups in total. The summed E-state index contributed by atoms with van der Waals surface area (Å²) in [7, 11) is 2.05. The normalized spacial score (nSPS) is 33.5. The van der Waals surface area contributed by atoms with E-state index in [9.17, 15) is 0 Å². The molecule has 0 aromatic carbocycles. The molecule has 0 aromatic heterocycles. The third-order valence-electron chi connectivity index (χ3n) is 3.60. The molecule has 0 amide bonds. The second kappa shape index (κ2) is 3.40. The molecule has 1 saturated heterocycles. The minimum absolute atomic E-state index is 0.450. The van der Waals surface area contributed by atoms with E-state index >= 15 is 0 Å². The van der Waals surface area contributed by atoms with Crippen LogP contribution >= 0.6 is 0 Å². The average Bonchev–Trinajstić information content (AvgIpc) is 2.88. The highest BCUT2D eigenvalue weighted by atomic mass is 15.5. The summed E-state index contributed by atoms with van der Waals surface area (Å²) < 4.78 is 0. The first kappa shape index (κ1) is 9.01. The fourth-order valence-electron chi connectivity index (χ4n) is 2.74. The topological polar surface area (TPSA) is 18.8 Å². The van der Waals surface area contributed by atoms with Gasteiger partial charge in [-0.2, -0.15) is 5.10 Å². The van der Waals surface area contributed by atoms with Crippen molar-refractivity contribution in [2.75, 3.05) is 20.1 Å². The van der Waals surface area contributed by atoms with Gasteiger partial charge in [-0.05, 0) is 18.9 Å². The van der Waals surface area contributed by atoms with Crippen molar-refractivity contribution in [3.8, 4) is 0 Å². The predicted octanol–water partition coefficient (Wildman–Crippen LogP) is 1.45. The molecular formula is C12H17N3. The number of hydrogen-bond acceptors (Lipinski definition) is 3. The van der Waals surface area contributed by atoms with Gasteiger partial charge in [-0.15, -0.1) is 0 Å². The number of hydrogen-bond donors (Lipinski definition) is 0. The SMILES string of the molecule is CN1N=CC2C(N3CCCC3)=CC=CC21. The van der Waals surface area contributed by atoms with E-state index in [1.807, 2.05) is 0 Å². The highest BCUT2D eigenvalue weighted by Crippen LogP contribution is 2.31. The van der Waals surface area contributed by atoms with Crippen LogP contribution in [0.25, 0.3) is 0 Å². The van der Waals surface area contributed by atoms with Gasteiger partial charge in [0.2, 0.25) is 0 Å². The van der Waals surface area contributed by atoms with Gasteiger partial charge in [0.1, 0.15) is 0 Å². The maximum absolute atomic E-state index is 4.39. The smallest absolute Gasteiger partial charge is 0.0783 e. The molecule has 80 valence electrons. The molecule has 0 aromatic rings. The molecular weight excluding hydrogens is 186 g/mol. The number of allylic oxidation sites excluding steroid dienone is 2. The van der Waals surface area contributed by atoms with E-state index in [1.54, 1.807) is 0 Å². The zero-order chi connectivity index (χ0) is 10.3. The van der Waals surface area contributed by atoms with Crippen molar-refractivity contribution in [3.05, 3.63) is 23.9 Å². The van der Waals surface area contributed by atoms with E-state index in [-0.39, 0.29) is 0 Å². The maximum Gasteiger partial charge on any atom is 0.0783 e. The van der Waals surface area contributed by atoms with Gasteiger partial charge in [0, 0.05) is 32.0 Å². The van der Waals surface area contributed by atoms with Crippen molar-refractivity contribution < 1.29 is 0 Å². The quantitative estimate of drug-likeness (QED) is 0.642. The van der Waals surface area contributed by atoms with Crippen LogP contribution in [0.5, 0.6) is 0 Å². The molecule has 0 saturated carbocycles. The minimum atomic E-state index is 0.450. The molecule has 2 atom stereocenters. The molecule has 15 heavy (non-hydrogen) atoms. The molecule has 3 heteroatoms. The fourth-order valence-corrected chi connectivity index (χ4v) is 2.74. The predicted molar refractivity (Wildman–Crippen MR) is 61.6 cm³/mol. The number of fused-ring (bicyclic) bond motifs is 1. The van der Waals surface area contributed by atoms with E-state index in [0.29, 0.717) is 12.0 Å². The van der Waals surface area contributed by atoms with E-state index in [4.69, 9.17) is 0 Å². The largest absolute Gasteiger partial charge is 0.374 e. The fraction of sp³-hybridized carbons (Fsp3) is 0.583. The zero-order valence-electron chi connectivity index (χ0n) is 9.13. The Morgan fingerprint density at radius 1 is 1.33 bits per heavy atom. The summed E-state index contributed by atoms with van der Waals surface area (Å²) in [5, 5.41) is 6.45. The summed E-state index contributed by atoms with van der Waals surface area (Å²) in [6, 6.07) is 0.450. The van der Waals surface area contributed by atoms with Crippen LogP contribution in [-0.4, -0.2) is 42.3 Å². The number of rotatable bonds is 1. The van der Waals surface area contributed by atoms with Gasteiger partial charge in [-0.25, -0.2) is 0 Å². The number of likely N-dealkylation sites (tertiary alicyclic amines) is 1. The van der Waals surface area contributed by atoms with Crippen LogP contribution < -0.4 is 0 Å². The molecule has 0 radical (unpaired) electrons. The molecule has 0 spiro atoms. The monoisotopic (exact) mass is 203 g/mol. The molecule has 0 bridgehead atoms. The lowest BCUT2D eigenvalue weighted by Gasteiger charge is -2.31. The van der Waals surface area contributed by atoms with Crippen molar-refractivity contribution in [1.29, 1.82) is 0 Å². The Labute approximate surface area is 90.7 Å². The average molecular weight is 203 g/mol. The Hall–Kier alpha value is -1.25. The molecule has 2 aliphatic heterocycles. The number of hydrazone groups is 1. The number of likely N-dealkylation sites (N-methyl/N-ethyl adjacent to an activating group) is 1. The van der Waals surface area contributed by atoms with Crippen LogP contribution in [0, 0.1) is 5.92 Å². The van der Waals surface area contributed by atoms with E-state index in [2.05, 4.69) is 46.5 Å². The highest BCUT2D eigenvalue weighted by molar-refractivity contribution is 5.69. The van der Waals surface area contributed by atoms with Crippen LogP contribution in [-0.2, 0) is 0 Å². The lowest BCUT2D eigenvalue weighted by molar-refractivity contribution is 0.276. The molecule has 1 aliphatic carbocycles. The maximum atomic E-state index is 4.39. The Bertz CT molecular complexity index is 337. The third-order valence-corrected chi connectivity index (χ3v) is 3.60. The van der Waals surface area contributed by atoms with Gasteiger partial charge in [0.15, 0.2) is 0 Å².